The largest absolute Gasteiger partial charge is 0.456 e. The summed E-state index contributed by atoms with van der Waals surface area (Å²) >= 11 is 0. The Balaban J connectivity index is 0.906. The minimum atomic E-state index is -5.18. The summed E-state index contributed by atoms with van der Waals surface area (Å²) in [7, 11) is -3.98. The van der Waals surface area contributed by atoms with Crippen LogP contribution >= 0.6 is 0 Å². The summed E-state index contributed by atoms with van der Waals surface area (Å²) in [6.45, 7) is 14.9. The third-order valence-corrected chi connectivity index (χ3v) is 21.2. The van der Waals surface area contributed by atoms with E-state index in [1.807, 2.05) is 20.8 Å². The monoisotopic (exact) mass is 1180 g/mol. The van der Waals surface area contributed by atoms with E-state index < -0.39 is 197 Å². The molecule has 0 unspecified atom stereocenters. The molecule has 466 valence electrons. The van der Waals surface area contributed by atoms with Gasteiger partial charge in [0.05, 0.1) is 43.2 Å². The second-order valence-electron chi connectivity index (χ2n) is 26.4. The number of rotatable bonds is 16. The third kappa shape index (κ3) is 10.5. The highest BCUT2D eigenvalue weighted by molar-refractivity contribution is 7.80. The van der Waals surface area contributed by atoms with Gasteiger partial charge in [-0.3, -0.25) is 9.35 Å². The van der Waals surface area contributed by atoms with E-state index in [4.69, 9.17) is 51.6 Å². The summed E-state index contributed by atoms with van der Waals surface area (Å²) in [4.78, 5) is 14.5. The van der Waals surface area contributed by atoms with Crippen LogP contribution in [0.15, 0.2) is 11.6 Å². The average Bonchev–Trinajstić information content (AvgIpc) is 1.78. The molecule has 0 radical (unpaired) electrons. The Morgan fingerprint density at radius 1 is 0.716 bits per heavy atom. The molecule has 26 nitrogen and oxygen atoms in total. The van der Waals surface area contributed by atoms with Crippen LogP contribution in [0.2, 0.25) is 0 Å². The van der Waals surface area contributed by atoms with Crippen LogP contribution in [0, 0.1) is 33.5 Å². The molecule has 81 heavy (non-hydrogen) atoms. The molecular weight excluding hydrogens is 1100 g/mol. The first-order valence-corrected chi connectivity index (χ1v) is 29.8. The van der Waals surface area contributed by atoms with E-state index in [0.717, 1.165) is 5.57 Å². The minimum absolute atomic E-state index is 0.124. The molecule has 0 aromatic heterocycles. The highest BCUT2D eigenvalue weighted by Crippen LogP contribution is 2.77. The second-order valence-corrected chi connectivity index (χ2v) is 27.4. The molecule has 9 rings (SSSR count). The Labute approximate surface area is 471 Å². The van der Waals surface area contributed by atoms with E-state index in [9.17, 15) is 73.9 Å². The van der Waals surface area contributed by atoms with Crippen LogP contribution in [-0.2, 0) is 66.7 Å². The summed E-state index contributed by atoms with van der Waals surface area (Å²) in [5.74, 6) is -0.956. The third-order valence-electron chi connectivity index (χ3n) is 20.7. The predicted molar refractivity (Wildman–Crippen MR) is 274 cm³/mol. The van der Waals surface area contributed by atoms with Crippen LogP contribution in [0.25, 0.3) is 0 Å². The molecule has 5 heterocycles. The molecule has 5 saturated heterocycles. The van der Waals surface area contributed by atoms with Crippen LogP contribution in [0.5, 0.6) is 0 Å². The van der Waals surface area contributed by atoms with Crippen LogP contribution in [0.4, 0.5) is 0 Å². The number of allylic oxidation sites excluding steroid dienone is 1. The SMILES string of the molecule is CO[C@@H]1[C@@H](O)[C@H](O[C@@H]2[C@@H](O)[C@H](O[C@H]3[C@H](O)[C@@H](O)[C@H](O[C@H]4[C@H](O[C@H]5CC[C@]6(C)C7=C[C@H](O)[C@]89C(=O)O[C@@](C)(CCCC(C)(C)O)[C@@]8(O)CC[C@@]9(C)[C@@H]7CC[C@H]6C5(C)C)OC[C@@H](OS(=O)(=O)O)[C@@H]4O)O[C@@H]3C)O[C@H](C)[C@H]2O)O[C@H](CO)[C@H]1O. The molecule has 12 N–H and O–H groups in total. The Bertz CT molecular complexity index is 2410. The summed E-state index contributed by atoms with van der Waals surface area (Å²) < 4.78 is 98.1. The lowest BCUT2D eigenvalue weighted by atomic mass is 9.40. The van der Waals surface area contributed by atoms with Gasteiger partial charge >= 0.3 is 16.4 Å². The van der Waals surface area contributed by atoms with E-state index in [-0.39, 0.29) is 18.3 Å². The van der Waals surface area contributed by atoms with Crippen molar-refractivity contribution >= 4 is 16.4 Å². The Hall–Kier alpha value is -1.72. The number of esters is 1. The van der Waals surface area contributed by atoms with E-state index in [0.29, 0.717) is 51.4 Å². The maximum absolute atomic E-state index is 14.5. The Morgan fingerprint density at radius 2 is 1.33 bits per heavy atom. The number of methoxy groups -OCH3 is 1. The number of carbonyl (C=O) groups is 1. The molecule has 0 bridgehead atoms. The zero-order valence-corrected chi connectivity index (χ0v) is 48.4. The Morgan fingerprint density at radius 3 is 1.98 bits per heavy atom. The number of cyclic esters (lactones) is 1. The molecule has 28 atom stereocenters. The van der Waals surface area contributed by atoms with Crippen molar-refractivity contribution in [2.45, 2.75) is 266 Å². The van der Waals surface area contributed by atoms with Crippen molar-refractivity contribution in [3.05, 3.63) is 11.6 Å². The zero-order chi connectivity index (χ0) is 59.7. The molecule has 27 heteroatoms. The van der Waals surface area contributed by atoms with Crippen LogP contribution in [0.3, 0.4) is 0 Å². The van der Waals surface area contributed by atoms with Gasteiger partial charge in [-0.05, 0) is 120 Å². The van der Waals surface area contributed by atoms with Crippen molar-refractivity contribution in [1.82, 2.24) is 0 Å². The molecule has 8 fully saturated rings. The fourth-order valence-corrected chi connectivity index (χ4v) is 16.9. The molecule has 0 aromatic rings. The zero-order valence-electron chi connectivity index (χ0n) is 47.6. The van der Waals surface area contributed by atoms with E-state index in [1.54, 1.807) is 26.8 Å². The smallest absolute Gasteiger partial charge is 0.397 e. The van der Waals surface area contributed by atoms with Gasteiger partial charge in [-0.2, -0.15) is 8.42 Å². The van der Waals surface area contributed by atoms with Crippen LogP contribution in [0.1, 0.15) is 120 Å². The number of fused-ring (bicyclic) bond motifs is 4. The fraction of sp³-hybridized carbons (Fsp3) is 0.944. The number of carbonyl (C=O) groups excluding carboxylic acids is 1. The first kappa shape index (κ1) is 63.8. The summed E-state index contributed by atoms with van der Waals surface area (Å²) in [5, 5.41) is 125. The van der Waals surface area contributed by atoms with Crippen molar-refractivity contribution in [3.63, 3.8) is 0 Å². The van der Waals surface area contributed by atoms with Gasteiger partial charge in [-0.1, -0.05) is 39.3 Å². The van der Waals surface area contributed by atoms with Crippen LogP contribution < -0.4 is 0 Å². The predicted octanol–water partition coefficient (Wildman–Crippen LogP) is -1.25. The number of hydrogen-bond donors (Lipinski definition) is 12. The topological polar surface area (TPSA) is 396 Å². The lowest BCUT2D eigenvalue weighted by Gasteiger charge is -2.64. The van der Waals surface area contributed by atoms with Crippen LogP contribution in [-0.4, -0.2) is 241 Å². The second kappa shape index (κ2) is 22.5. The molecule has 0 aromatic carbocycles. The first-order chi connectivity index (χ1) is 37.6. The lowest BCUT2D eigenvalue weighted by Crippen LogP contribution is -2.68. The van der Waals surface area contributed by atoms with Crippen molar-refractivity contribution < 1.29 is 125 Å². The van der Waals surface area contributed by atoms with Gasteiger partial charge in [0, 0.05) is 7.11 Å². The van der Waals surface area contributed by atoms with Gasteiger partial charge < -0.3 is 104 Å². The molecule has 4 aliphatic carbocycles. The van der Waals surface area contributed by atoms with Crippen molar-refractivity contribution in [2.75, 3.05) is 20.3 Å². The van der Waals surface area contributed by atoms with E-state index in [2.05, 4.69) is 6.92 Å². The number of ether oxygens (including phenoxy) is 10. The highest BCUT2D eigenvalue weighted by atomic mass is 32.3. The fourth-order valence-electron chi connectivity index (χ4n) is 16.4. The van der Waals surface area contributed by atoms with Gasteiger partial charge in [0.15, 0.2) is 25.2 Å². The van der Waals surface area contributed by atoms with Gasteiger partial charge in [0.1, 0.15) is 96.0 Å². The Kier molecular flexibility index (Phi) is 17.7. The van der Waals surface area contributed by atoms with Gasteiger partial charge in [0.2, 0.25) is 0 Å². The molecule has 5 aliphatic heterocycles. The number of hydrogen-bond acceptors (Lipinski definition) is 25. The van der Waals surface area contributed by atoms with E-state index in [1.165, 1.54) is 21.0 Å². The maximum Gasteiger partial charge on any atom is 0.397 e. The average molecular weight is 1190 g/mol. The number of aliphatic hydroxyl groups excluding tert-OH is 9. The quantitative estimate of drug-likeness (QED) is 0.0372. The highest BCUT2D eigenvalue weighted by Gasteiger charge is 2.85. The molecular formula is C54H88O26S. The van der Waals surface area contributed by atoms with E-state index >= 15 is 0 Å². The molecule has 3 saturated carbocycles. The summed E-state index contributed by atoms with van der Waals surface area (Å²) in [6.07, 6.45) is -26.9. The summed E-state index contributed by atoms with van der Waals surface area (Å²) in [5.41, 5.74) is -6.77. The minimum Gasteiger partial charge on any atom is -0.456 e. The molecule has 0 amide bonds. The first-order valence-electron chi connectivity index (χ1n) is 28.4. The van der Waals surface area contributed by atoms with Crippen molar-refractivity contribution in [3.8, 4) is 0 Å². The maximum atomic E-state index is 14.5. The van der Waals surface area contributed by atoms with Crippen molar-refractivity contribution in [2.24, 2.45) is 33.5 Å². The summed E-state index contributed by atoms with van der Waals surface area (Å²) in [6, 6.07) is 0. The molecule has 9 aliphatic rings. The van der Waals surface area contributed by atoms with Gasteiger partial charge in [-0.15, -0.1) is 0 Å². The van der Waals surface area contributed by atoms with Gasteiger partial charge in [-0.25, -0.2) is 4.18 Å². The van der Waals surface area contributed by atoms with Crippen molar-refractivity contribution in [1.29, 1.82) is 0 Å². The number of aliphatic hydroxyl groups is 11. The van der Waals surface area contributed by atoms with Gasteiger partial charge in [0.25, 0.3) is 0 Å². The normalized spacial score (nSPS) is 51.8. The standard InChI is InChI=1S/C54H88O26S/c1-23-32(57)41(77-45-37(62)40(70-10)33(58)27(21-55)74-45)38(63)44(72-23)76-39-24(2)73-43(36(61)35(39)60)78-42-34(59)28(80-81(67,68)69)22-71-46(42)75-31-14-17-50(7)26-20-30(56)54-47(64)79-52(9,16-11-15-48(3,4)65)53(54,66)19-18-51(54,8)25(26)12-13-29(50)49(31,5)6/h20,23-25,27-46,55-63,65-66H,11-19,21-22H2,1-10H3,(H,67,68,69)/t23-,24-,25-,27-,28-,29+,30+,31+,32-,33-,34+,35-,36-,37-,38-,39-,40+,41+,42-,43+,44+,45+,46+,50-,51+,52+,53+,54-/m1/s1. The lowest BCUT2D eigenvalue weighted by molar-refractivity contribution is -0.387. The molecule has 1 spiro atoms.